The molecule has 1 rings (SSSR count). The van der Waals surface area contributed by atoms with E-state index in [1.54, 1.807) is 6.07 Å². The summed E-state index contributed by atoms with van der Waals surface area (Å²) in [5, 5.41) is 17.7. The largest absolute Gasteiger partial charge is 0.284 e. The lowest BCUT2D eigenvalue weighted by Crippen LogP contribution is -2.30. The van der Waals surface area contributed by atoms with E-state index in [0.29, 0.717) is 24.7 Å². The molecule has 1 aromatic rings. The highest BCUT2D eigenvalue weighted by Crippen LogP contribution is 2.12. The van der Waals surface area contributed by atoms with E-state index in [0.717, 1.165) is 5.56 Å². The third-order valence-electron chi connectivity index (χ3n) is 2.52. The number of hydrogen-bond donors (Lipinski definition) is 0. The van der Waals surface area contributed by atoms with Gasteiger partial charge in [-0.3, -0.25) is 4.90 Å². The van der Waals surface area contributed by atoms with Crippen molar-refractivity contribution < 1.29 is 0 Å². The molecule has 82 valence electrons. The van der Waals surface area contributed by atoms with Crippen LogP contribution in [0.2, 0.25) is 0 Å². The minimum absolute atomic E-state index is 0.298. The molecule has 0 radical (unpaired) electrons. The van der Waals surface area contributed by atoms with Crippen LogP contribution in [0, 0.1) is 22.7 Å². The minimum atomic E-state index is 0.298. The van der Waals surface area contributed by atoms with Gasteiger partial charge in [0.05, 0.1) is 24.2 Å². The molecule has 0 spiro atoms. The summed E-state index contributed by atoms with van der Waals surface area (Å²) in [5.41, 5.74) is 1.67. The van der Waals surface area contributed by atoms with Crippen LogP contribution in [0.3, 0.4) is 0 Å². The Morgan fingerprint density at radius 3 is 2.50 bits per heavy atom. The zero-order valence-electron chi connectivity index (χ0n) is 9.64. The van der Waals surface area contributed by atoms with E-state index in [-0.39, 0.29) is 0 Å². The number of rotatable bonds is 4. The van der Waals surface area contributed by atoms with E-state index in [9.17, 15) is 0 Å². The van der Waals surface area contributed by atoms with Gasteiger partial charge in [0, 0.05) is 12.6 Å². The number of nitrogens with zero attached hydrogens (tertiary/aromatic N) is 3. The summed E-state index contributed by atoms with van der Waals surface area (Å²) in [6.45, 7) is 5.13. The normalized spacial score (nSPS) is 10.1. The van der Waals surface area contributed by atoms with E-state index in [4.69, 9.17) is 10.5 Å². The molecule has 16 heavy (non-hydrogen) atoms. The molecular formula is C13H15N3. The Kier molecular flexibility index (Phi) is 4.51. The highest BCUT2D eigenvalue weighted by atomic mass is 15.1. The first-order chi connectivity index (χ1) is 7.69. The van der Waals surface area contributed by atoms with Crippen LogP contribution in [0.1, 0.15) is 25.0 Å². The van der Waals surface area contributed by atoms with Crippen LogP contribution >= 0.6 is 0 Å². The predicted molar refractivity (Wildman–Crippen MR) is 62.3 cm³/mol. The third-order valence-corrected chi connectivity index (χ3v) is 2.52. The fraction of sp³-hybridized carbons (Fsp3) is 0.385. The van der Waals surface area contributed by atoms with E-state index >= 15 is 0 Å². The standard InChI is InChI=1S/C13H15N3/c1-11(2)16(8-7-14)10-13-6-4-3-5-12(13)9-15/h3-6,11H,8,10H2,1-2H3. The van der Waals surface area contributed by atoms with E-state index < -0.39 is 0 Å². The van der Waals surface area contributed by atoms with Crippen molar-refractivity contribution in [3.8, 4) is 12.1 Å². The smallest absolute Gasteiger partial charge is 0.0995 e. The zero-order valence-corrected chi connectivity index (χ0v) is 9.64. The molecule has 0 aliphatic rings. The van der Waals surface area contributed by atoms with Gasteiger partial charge in [0.15, 0.2) is 0 Å². The molecule has 0 bridgehead atoms. The van der Waals surface area contributed by atoms with Crippen LogP contribution in [0.4, 0.5) is 0 Å². The van der Waals surface area contributed by atoms with Gasteiger partial charge in [0.2, 0.25) is 0 Å². The first-order valence-electron chi connectivity index (χ1n) is 5.28. The fourth-order valence-electron chi connectivity index (χ4n) is 1.50. The Balaban J connectivity index is 2.86. The molecule has 3 nitrogen and oxygen atoms in total. The van der Waals surface area contributed by atoms with E-state index in [1.807, 2.05) is 36.9 Å². The maximum Gasteiger partial charge on any atom is 0.0995 e. The van der Waals surface area contributed by atoms with Gasteiger partial charge < -0.3 is 0 Å². The second-order valence-corrected chi connectivity index (χ2v) is 3.93. The lowest BCUT2D eigenvalue weighted by Gasteiger charge is -2.23. The summed E-state index contributed by atoms with van der Waals surface area (Å²) in [7, 11) is 0. The first-order valence-corrected chi connectivity index (χ1v) is 5.28. The van der Waals surface area contributed by atoms with Crippen molar-refractivity contribution in [3.63, 3.8) is 0 Å². The Hall–Kier alpha value is -1.84. The Bertz CT molecular complexity index is 424. The van der Waals surface area contributed by atoms with Gasteiger partial charge in [-0.25, -0.2) is 0 Å². The summed E-state index contributed by atoms with van der Waals surface area (Å²) in [6, 6.07) is 12.1. The molecule has 0 atom stereocenters. The van der Waals surface area contributed by atoms with Crippen molar-refractivity contribution in [1.29, 1.82) is 10.5 Å². The third kappa shape index (κ3) is 3.08. The van der Waals surface area contributed by atoms with Crippen LogP contribution in [0.15, 0.2) is 24.3 Å². The van der Waals surface area contributed by atoms with Crippen LogP contribution in [0.5, 0.6) is 0 Å². The van der Waals surface area contributed by atoms with Crippen LogP contribution in [-0.4, -0.2) is 17.5 Å². The number of hydrogen-bond acceptors (Lipinski definition) is 3. The van der Waals surface area contributed by atoms with Crippen molar-refractivity contribution in [2.45, 2.75) is 26.4 Å². The van der Waals surface area contributed by atoms with Gasteiger partial charge in [0.1, 0.15) is 0 Å². The van der Waals surface area contributed by atoms with Crippen LogP contribution in [-0.2, 0) is 6.54 Å². The molecule has 0 saturated heterocycles. The van der Waals surface area contributed by atoms with Gasteiger partial charge in [-0.1, -0.05) is 18.2 Å². The lowest BCUT2D eigenvalue weighted by molar-refractivity contribution is 0.240. The van der Waals surface area contributed by atoms with E-state index in [2.05, 4.69) is 12.1 Å². The van der Waals surface area contributed by atoms with Gasteiger partial charge in [0.25, 0.3) is 0 Å². The van der Waals surface area contributed by atoms with Crippen molar-refractivity contribution in [2.24, 2.45) is 0 Å². The number of benzene rings is 1. The molecule has 0 saturated carbocycles. The van der Waals surface area contributed by atoms with Crippen molar-refractivity contribution in [2.75, 3.05) is 6.54 Å². The molecule has 3 heteroatoms. The van der Waals surface area contributed by atoms with E-state index in [1.165, 1.54) is 0 Å². The Morgan fingerprint density at radius 2 is 1.94 bits per heavy atom. The van der Waals surface area contributed by atoms with Gasteiger partial charge in [-0.2, -0.15) is 10.5 Å². The summed E-state index contributed by atoms with van der Waals surface area (Å²) < 4.78 is 0. The molecule has 0 N–H and O–H groups in total. The molecule has 0 unspecified atom stereocenters. The fourth-order valence-corrected chi connectivity index (χ4v) is 1.50. The van der Waals surface area contributed by atoms with Crippen molar-refractivity contribution in [1.82, 2.24) is 4.90 Å². The summed E-state index contributed by atoms with van der Waals surface area (Å²) in [6.07, 6.45) is 0. The molecule has 0 aliphatic carbocycles. The Labute approximate surface area is 96.5 Å². The lowest BCUT2D eigenvalue weighted by atomic mass is 10.1. The minimum Gasteiger partial charge on any atom is -0.284 e. The quantitative estimate of drug-likeness (QED) is 0.721. The van der Waals surface area contributed by atoms with Gasteiger partial charge in [-0.15, -0.1) is 0 Å². The van der Waals surface area contributed by atoms with Crippen molar-refractivity contribution in [3.05, 3.63) is 35.4 Å². The molecule has 1 aromatic carbocycles. The average molecular weight is 213 g/mol. The molecular weight excluding hydrogens is 198 g/mol. The summed E-state index contributed by atoms with van der Waals surface area (Å²) in [4.78, 5) is 2.04. The second-order valence-electron chi connectivity index (χ2n) is 3.93. The maximum atomic E-state index is 8.97. The zero-order chi connectivity index (χ0) is 12.0. The van der Waals surface area contributed by atoms with Gasteiger partial charge >= 0.3 is 0 Å². The highest BCUT2D eigenvalue weighted by Gasteiger charge is 2.11. The van der Waals surface area contributed by atoms with Crippen molar-refractivity contribution >= 4 is 0 Å². The molecule has 0 aromatic heterocycles. The SMILES string of the molecule is CC(C)N(CC#N)Cc1ccccc1C#N. The summed E-state index contributed by atoms with van der Waals surface area (Å²) >= 11 is 0. The molecule has 0 fully saturated rings. The number of nitriles is 2. The molecule has 0 heterocycles. The summed E-state index contributed by atoms with van der Waals surface area (Å²) in [5.74, 6) is 0. The second kappa shape index (κ2) is 5.90. The maximum absolute atomic E-state index is 8.97. The molecule has 0 amide bonds. The first kappa shape index (κ1) is 12.2. The Morgan fingerprint density at radius 1 is 1.25 bits per heavy atom. The van der Waals surface area contributed by atoms with Gasteiger partial charge in [-0.05, 0) is 25.5 Å². The highest BCUT2D eigenvalue weighted by molar-refractivity contribution is 5.37. The predicted octanol–water partition coefficient (Wildman–Crippen LogP) is 2.29. The van der Waals surface area contributed by atoms with Crippen LogP contribution in [0.25, 0.3) is 0 Å². The monoisotopic (exact) mass is 213 g/mol. The van der Waals surface area contributed by atoms with Crippen LogP contribution < -0.4 is 0 Å². The topological polar surface area (TPSA) is 50.8 Å². The molecule has 0 aliphatic heterocycles. The average Bonchev–Trinajstić information content (AvgIpc) is 2.29.